The summed E-state index contributed by atoms with van der Waals surface area (Å²) in [6.07, 6.45) is 0. The fraction of sp³-hybridized carbons (Fsp3) is 0.133. The second kappa shape index (κ2) is 5.64. The third-order valence-electron chi connectivity index (χ3n) is 2.87. The molecular weight excluding hydrogens is 260 g/mol. The van der Waals surface area contributed by atoms with Gasteiger partial charge in [-0.2, -0.15) is 5.26 Å². The first-order valence-electron chi connectivity index (χ1n) is 5.86. The highest BCUT2D eigenvalue weighted by Gasteiger charge is 2.10. The Bertz CT molecular complexity index is 634. The van der Waals surface area contributed by atoms with E-state index in [0.29, 0.717) is 10.6 Å². The topological polar surface area (TPSA) is 56.0 Å². The number of phenolic OH excluding ortho intramolecular Hbond substituents is 1. The van der Waals surface area contributed by atoms with E-state index < -0.39 is 0 Å². The van der Waals surface area contributed by atoms with Crippen LogP contribution in [0.4, 0.5) is 5.69 Å². The second-order valence-corrected chi connectivity index (χ2v) is 4.64. The van der Waals surface area contributed by atoms with Gasteiger partial charge in [-0.25, -0.2) is 0 Å². The number of rotatable bonds is 3. The Morgan fingerprint density at radius 1 is 1.26 bits per heavy atom. The first-order valence-corrected chi connectivity index (χ1v) is 6.23. The molecule has 3 nitrogen and oxygen atoms in total. The van der Waals surface area contributed by atoms with Crippen molar-refractivity contribution in [2.45, 2.75) is 13.0 Å². The quantitative estimate of drug-likeness (QED) is 0.885. The van der Waals surface area contributed by atoms with Gasteiger partial charge in [0.2, 0.25) is 0 Å². The van der Waals surface area contributed by atoms with Crippen molar-refractivity contribution in [2.24, 2.45) is 0 Å². The third kappa shape index (κ3) is 2.98. The van der Waals surface area contributed by atoms with Crippen LogP contribution in [-0.2, 0) is 0 Å². The monoisotopic (exact) mass is 272 g/mol. The standard InChI is InChI=1S/C15H13ClN2O/c1-10(13-4-2-3-5-15(13)19)18-12-6-7-14(16)11(8-12)9-17/h2-8,10,18-19H,1H3. The Morgan fingerprint density at radius 3 is 2.68 bits per heavy atom. The summed E-state index contributed by atoms with van der Waals surface area (Å²) in [5.74, 6) is 0.247. The molecule has 0 aliphatic rings. The molecule has 4 heteroatoms. The number of benzene rings is 2. The first-order chi connectivity index (χ1) is 9.11. The summed E-state index contributed by atoms with van der Waals surface area (Å²) in [6, 6.07) is 14.3. The molecule has 0 fully saturated rings. The predicted molar refractivity (Wildman–Crippen MR) is 76.3 cm³/mol. The molecule has 2 rings (SSSR count). The van der Waals surface area contributed by atoms with Crippen molar-refractivity contribution in [3.8, 4) is 11.8 Å². The summed E-state index contributed by atoms with van der Waals surface area (Å²) in [5.41, 5.74) is 2.02. The fourth-order valence-electron chi connectivity index (χ4n) is 1.88. The minimum Gasteiger partial charge on any atom is -0.508 e. The maximum Gasteiger partial charge on any atom is 0.120 e. The van der Waals surface area contributed by atoms with Crippen LogP contribution in [0.5, 0.6) is 5.75 Å². The van der Waals surface area contributed by atoms with Gasteiger partial charge in [0.15, 0.2) is 0 Å². The van der Waals surface area contributed by atoms with E-state index >= 15 is 0 Å². The predicted octanol–water partition coefficient (Wildman–Crippen LogP) is 4.09. The molecule has 0 radical (unpaired) electrons. The molecule has 2 aromatic rings. The van der Waals surface area contributed by atoms with Crippen LogP contribution >= 0.6 is 11.6 Å². The summed E-state index contributed by atoms with van der Waals surface area (Å²) in [5, 5.41) is 22.4. The summed E-state index contributed by atoms with van der Waals surface area (Å²) < 4.78 is 0. The second-order valence-electron chi connectivity index (χ2n) is 4.23. The number of nitrogens with one attached hydrogen (secondary N) is 1. The van der Waals surface area contributed by atoms with E-state index in [4.69, 9.17) is 16.9 Å². The lowest BCUT2D eigenvalue weighted by Crippen LogP contribution is -2.06. The van der Waals surface area contributed by atoms with Crippen molar-refractivity contribution >= 4 is 17.3 Å². The van der Waals surface area contributed by atoms with Crippen molar-refractivity contribution in [3.63, 3.8) is 0 Å². The minimum absolute atomic E-state index is 0.0751. The van der Waals surface area contributed by atoms with Gasteiger partial charge < -0.3 is 10.4 Å². The zero-order valence-corrected chi connectivity index (χ0v) is 11.1. The van der Waals surface area contributed by atoms with Gasteiger partial charge in [-0.3, -0.25) is 0 Å². The molecule has 0 bridgehead atoms. The number of aromatic hydroxyl groups is 1. The van der Waals surface area contributed by atoms with Gasteiger partial charge in [-0.1, -0.05) is 29.8 Å². The fourth-order valence-corrected chi connectivity index (χ4v) is 2.04. The molecule has 19 heavy (non-hydrogen) atoms. The highest BCUT2D eigenvalue weighted by Crippen LogP contribution is 2.28. The van der Waals surface area contributed by atoms with Crippen LogP contribution in [0, 0.1) is 11.3 Å². The molecule has 0 saturated carbocycles. The molecule has 1 unspecified atom stereocenters. The molecule has 2 aromatic carbocycles. The van der Waals surface area contributed by atoms with E-state index in [9.17, 15) is 5.11 Å². The number of para-hydroxylation sites is 1. The van der Waals surface area contributed by atoms with E-state index in [1.165, 1.54) is 0 Å². The van der Waals surface area contributed by atoms with Gasteiger partial charge in [0.1, 0.15) is 11.8 Å². The molecule has 0 spiro atoms. The van der Waals surface area contributed by atoms with Crippen LogP contribution in [-0.4, -0.2) is 5.11 Å². The SMILES string of the molecule is CC(Nc1ccc(Cl)c(C#N)c1)c1ccccc1O. The Balaban J connectivity index is 2.22. The normalized spacial score (nSPS) is 11.6. The Hall–Kier alpha value is -2.18. The van der Waals surface area contributed by atoms with Gasteiger partial charge in [0.05, 0.1) is 16.6 Å². The van der Waals surface area contributed by atoms with Crippen LogP contribution in [0.2, 0.25) is 5.02 Å². The molecule has 0 aliphatic carbocycles. The van der Waals surface area contributed by atoms with Crippen LogP contribution < -0.4 is 5.32 Å². The molecule has 1 atom stereocenters. The molecule has 2 N–H and O–H groups in total. The van der Waals surface area contributed by atoms with Crippen LogP contribution in [0.3, 0.4) is 0 Å². The van der Waals surface area contributed by atoms with Crippen molar-refractivity contribution < 1.29 is 5.11 Å². The van der Waals surface area contributed by atoms with E-state index in [0.717, 1.165) is 11.3 Å². The molecule has 0 amide bonds. The average molecular weight is 273 g/mol. The Kier molecular flexibility index (Phi) is 3.94. The highest BCUT2D eigenvalue weighted by molar-refractivity contribution is 6.31. The first kappa shape index (κ1) is 13.3. The molecular formula is C15H13ClN2O. The lowest BCUT2D eigenvalue weighted by molar-refractivity contribution is 0.465. The van der Waals surface area contributed by atoms with Crippen molar-refractivity contribution in [2.75, 3.05) is 5.32 Å². The van der Waals surface area contributed by atoms with Crippen LogP contribution in [0.15, 0.2) is 42.5 Å². The number of phenols is 1. The van der Waals surface area contributed by atoms with E-state index in [1.54, 1.807) is 30.3 Å². The number of hydrogen-bond acceptors (Lipinski definition) is 3. The molecule has 0 heterocycles. The molecule has 0 aliphatic heterocycles. The molecule has 0 saturated heterocycles. The van der Waals surface area contributed by atoms with E-state index in [1.807, 2.05) is 25.1 Å². The minimum atomic E-state index is -0.0751. The van der Waals surface area contributed by atoms with Gasteiger partial charge >= 0.3 is 0 Å². The van der Waals surface area contributed by atoms with Gasteiger partial charge in [-0.15, -0.1) is 0 Å². The lowest BCUT2D eigenvalue weighted by Gasteiger charge is -2.17. The number of hydrogen-bond donors (Lipinski definition) is 2. The van der Waals surface area contributed by atoms with Gasteiger partial charge in [0, 0.05) is 11.3 Å². The smallest absolute Gasteiger partial charge is 0.120 e. The Morgan fingerprint density at radius 2 is 2.00 bits per heavy atom. The maximum atomic E-state index is 9.79. The highest BCUT2D eigenvalue weighted by atomic mass is 35.5. The Labute approximate surface area is 117 Å². The van der Waals surface area contributed by atoms with Crippen molar-refractivity contribution in [3.05, 3.63) is 58.6 Å². The maximum absolute atomic E-state index is 9.79. The average Bonchev–Trinajstić information content (AvgIpc) is 2.41. The number of nitrogens with zero attached hydrogens (tertiary/aromatic N) is 1. The zero-order chi connectivity index (χ0) is 13.8. The van der Waals surface area contributed by atoms with Crippen molar-refractivity contribution in [1.29, 1.82) is 5.26 Å². The third-order valence-corrected chi connectivity index (χ3v) is 3.20. The summed E-state index contributed by atoms with van der Waals surface area (Å²) >= 11 is 5.88. The van der Waals surface area contributed by atoms with Crippen LogP contribution in [0.25, 0.3) is 0 Å². The number of halogens is 1. The largest absolute Gasteiger partial charge is 0.508 e. The molecule has 96 valence electrons. The summed E-state index contributed by atoms with van der Waals surface area (Å²) in [6.45, 7) is 1.94. The van der Waals surface area contributed by atoms with Crippen molar-refractivity contribution in [1.82, 2.24) is 0 Å². The molecule has 0 aromatic heterocycles. The van der Waals surface area contributed by atoms with E-state index in [-0.39, 0.29) is 11.8 Å². The van der Waals surface area contributed by atoms with Gasteiger partial charge in [0.25, 0.3) is 0 Å². The van der Waals surface area contributed by atoms with Crippen LogP contribution in [0.1, 0.15) is 24.1 Å². The zero-order valence-electron chi connectivity index (χ0n) is 10.4. The van der Waals surface area contributed by atoms with Gasteiger partial charge in [-0.05, 0) is 31.2 Å². The number of nitriles is 1. The lowest BCUT2D eigenvalue weighted by atomic mass is 10.1. The van der Waals surface area contributed by atoms with E-state index in [2.05, 4.69) is 5.32 Å². The summed E-state index contributed by atoms with van der Waals surface area (Å²) in [4.78, 5) is 0. The summed E-state index contributed by atoms with van der Waals surface area (Å²) in [7, 11) is 0. The number of anilines is 1.